The lowest BCUT2D eigenvalue weighted by atomic mass is 9.96. The number of rotatable bonds is 8. The van der Waals surface area contributed by atoms with Gasteiger partial charge < -0.3 is 10.1 Å². The smallest absolute Gasteiger partial charge is 0.220 e. The standard InChI is InChI=1S/C23H31NO2/c1-16(2)14-22(20-9-11-21(26-5)12-10-20)24-23(25)13-8-19-7-6-17(3)18(4)15-19/h6-7,9-12,15-16,22H,8,13-14H2,1-5H3,(H,24,25)/t22-/m0/s1. The minimum atomic E-state index is 0.0353. The maximum atomic E-state index is 12.5. The van der Waals surface area contributed by atoms with E-state index in [4.69, 9.17) is 4.74 Å². The fourth-order valence-corrected chi connectivity index (χ4v) is 3.07. The molecule has 140 valence electrons. The number of ether oxygens (including phenoxy) is 1. The van der Waals surface area contributed by atoms with Gasteiger partial charge in [0.1, 0.15) is 5.75 Å². The second-order valence-corrected chi connectivity index (χ2v) is 7.44. The summed E-state index contributed by atoms with van der Waals surface area (Å²) in [5, 5.41) is 3.22. The lowest BCUT2D eigenvalue weighted by molar-refractivity contribution is -0.121. The fourth-order valence-electron chi connectivity index (χ4n) is 3.07. The molecule has 1 atom stereocenters. The monoisotopic (exact) mass is 353 g/mol. The molecule has 0 saturated heterocycles. The van der Waals surface area contributed by atoms with Crippen LogP contribution in [0.4, 0.5) is 0 Å². The Bertz CT molecular complexity index is 719. The molecule has 0 aliphatic carbocycles. The molecule has 0 bridgehead atoms. The van der Waals surface area contributed by atoms with Crippen molar-refractivity contribution in [3.8, 4) is 5.75 Å². The quantitative estimate of drug-likeness (QED) is 0.713. The van der Waals surface area contributed by atoms with Crippen molar-refractivity contribution in [1.82, 2.24) is 5.32 Å². The molecule has 0 unspecified atom stereocenters. The maximum Gasteiger partial charge on any atom is 0.220 e. The Morgan fingerprint density at radius 1 is 1.04 bits per heavy atom. The molecule has 0 spiro atoms. The van der Waals surface area contributed by atoms with Gasteiger partial charge in [-0.3, -0.25) is 4.79 Å². The Balaban J connectivity index is 1.99. The van der Waals surface area contributed by atoms with Crippen molar-refractivity contribution in [2.24, 2.45) is 5.92 Å². The first kappa shape index (κ1) is 20.0. The summed E-state index contributed by atoms with van der Waals surface area (Å²) < 4.78 is 5.23. The zero-order valence-electron chi connectivity index (χ0n) is 16.6. The molecule has 3 nitrogen and oxygen atoms in total. The van der Waals surface area contributed by atoms with Crippen LogP contribution in [0.1, 0.15) is 55.0 Å². The number of carbonyl (C=O) groups is 1. The molecule has 26 heavy (non-hydrogen) atoms. The summed E-state index contributed by atoms with van der Waals surface area (Å²) in [5.41, 5.74) is 4.90. The molecule has 0 saturated carbocycles. The zero-order valence-corrected chi connectivity index (χ0v) is 16.6. The molecule has 2 aromatic rings. The highest BCUT2D eigenvalue weighted by Gasteiger charge is 2.16. The van der Waals surface area contributed by atoms with Gasteiger partial charge in [-0.1, -0.05) is 44.2 Å². The van der Waals surface area contributed by atoms with Gasteiger partial charge in [0.15, 0.2) is 0 Å². The van der Waals surface area contributed by atoms with E-state index < -0.39 is 0 Å². The van der Waals surface area contributed by atoms with E-state index in [2.05, 4.69) is 51.2 Å². The molecule has 1 N–H and O–H groups in total. The summed E-state index contributed by atoms with van der Waals surface area (Å²) in [4.78, 5) is 12.5. The van der Waals surface area contributed by atoms with E-state index in [9.17, 15) is 4.79 Å². The number of amides is 1. The largest absolute Gasteiger partial charge is 0.497 e. The molecular formula is C23H31NO2. The molecule has 2 aromatic carbocycles. The van der Waals surface area contributed by atoms with Crippen molar-refractivity contribution >= 4 is 5.91 Å². The van der Waals surface area contributed by atoms with Crippen LogP contribution >= 0.6 is 0 Å². The summed E-state index contributed by atoms with van der Waals surface area (Å²) in [6, 6.07) is 14.4. The molecule has 0 fully saturated rings. The van der Waals surface area contributed by atoms with E-state index in [1.807, 2.05) is 24.3 Å². The topological polar surface area (TPSA) is 38.3 Å². The first-order valence-electron chi connectivity index (χ1n) is 9.38. The second-order valence-electron chi connectivity index (χ2n) is 7.44. The highest BCUT2D eigenvalue weighted by atomic mass is 16.5. The Labute approximate surface area is 157 Å². The van der Waals surface area contributed by atoms with Crippen LogP contribution < -0.4 is 10.1 Å². The minimum Gasteiger partial charge on any atom is -0.497 e. The van der Waals surface area contributed by atoms with Gasteiger partial charge in [-0.15, -0.1) is 0 Å². The first-order chi connectivity index (χ1) is 12.4. The van der Waals surface area contributed by atoms with Crippen molar-refractivity contribution in [1.29, 1.82) is 0 Å². The van der Waals surface area contributed by atoms with Gasteiger partial charge in [0.25, 0.3) is 0 Å². The van der Waals surface area contributed by atoms with Crippen molar-refractivity contribution in [3.05, 3.63) is 64.7 Å². The van der Waals surface area contributed by atoms with E-state index in [1.165, 1.54) is 16.7 Å². The summed E-state index contributed by atoms with van der Waals surface area (Å²) in [7, 11) is 1.66. The van der Waals surface area contributed by atoms with Crippen LogP contribution in [0.25, 0.3) is 0 Å². The van der Waals surface area contributed by atoms with Gasteiger partial charge in [0.05, 0.1) is 13.2 Å². The van der Waals surface area contributed by atoms with Crippen LogP contribution in [-0.2, 0) is 11.2 Å². The van der Waals surface area contributed by atoms with Crippen LogP contribution in [0.15, 0.2) is 42.5 Å². The molecule has 0 radical (unpaired) electrons. The van der Waals surface area contributed by atoms with Crippen molar-refractivity contribution in [2.45, 2.75) is 53.0 Å². The van der Waals surface area contributed by atoms with E-state index in [1.54, 1.807) is 7.11 Å². The van der Waals surface area contributed by atoms with Gasteiger partial charge in [-0.2, -0.15) is 0 Å². The van der Waals surface area contributed by atoms with Crippen LogP contribution in [0.5, 0.6) is 5.75 Å². The predicted octanol–water partition coefficient (Wildman–Crippen LogP) is 5.15. The van der Waals surface area contributed by atoms with E-state index in [0.717, 1.165) is 24.2 Å². The number of carbonyl (C=O) groups excluding carboxylic acids is 1. The molecule has 1 amide bonds. The van der Waals surface area contributed by atoms with Crippen molar-refractivity contribution < 1.29 is 9.53 Å². The number of methoxy groups -OCH3 is 1. The third-order valence-electron chi connectivity index (χ3n) is 4.77. The zero-order chi connectivity index (χ0) is 19.1. The van der Waals surface area contributed by atoms with Gasteiger partial charge in [-0.05, 0) is 67.0 Å². The number of benzene rings is 2. The van der Waals surface area contributed by atoms with Crippen LogP contribution in [0.3, 0.4) is 0 Å². The third-order valence-corrected chi connectivity index (χ3v) is 4.77. The van der Waals surface area contributed by atoms with Crippen LogP contribution in [0.2, 0.25) is 0 Å². The normalized spacial score (nSPS) is 12.1. The van der Waals surface area contributed by atoms with E-state index in [0.29, 0.717) is 12.3 Å². The third kappa shape index (κ3) is 5.91. The molecule has 0 aromatic heterocycles. The number of nitrogens with one attached hydrogen (secondary N) is 1. The first-order valence-corrected chi connectivity index (χ1v) is 9.38. The lowest BCUT2D eigenvalue weighted by Gasteiger charge is -2.21. The van der Waals surface area contributed by atoms with Gasteiger partial charge in [0.2, 0.25) is 5.91 Å². The van der Waals surface area contributed by atoms with Crippen LogP contribution in [0, 0.1) is 19.8 Å². The fraction of sp³-hybridized carbons (Fsp3) is 0.435. The highest BCUT2D eigenvalue weighted by molar-refractivity contribution is 5.76. The number of hydrogen-bond donors (Lipinski definition) is 1. The Morgan fingerprint density at radius 2 is 1.73 bits per heavy atom. The number of hydrogen-bond acceptors (Lipinski definition) is 2. The second kappa shape index (κ2) is 9.42. The molecular weight excluding hydrogens is 322 g/mol. The summed E-state index contributed by atoms with van der Waals surface area (Å²) in [5.74, 6) is 1.44. The maximum absolute atomic E-state index is 12.5. The molecule has 3 heteroatoms. The molecule has 2 rings (SSSR count). The average Bonchev–Trinajstić information content (AvgIpc) is 2.62. The van der Waals surface area contributed by atoms with E-state index >= 15 is 0 Å². The molecule has 0 heterocycles. The molecule has 0 aliphatic rings. The highest BCUT2D eigenvalue weighted by Crippen LogP contribution is 2.24. The van der Waals surface area contributed by atoms with E-state index in [-0.39, 0.29) is 11.9 Å². The Hall–Kier alpha value is -2.29. The number of aryl methyl sites for hydroxylation is 3. The van der Waals surface area contributed by atoms with Crippen molar-refractivity contribution in [3.63, 3.8) is 0 Å². The van der Waals surface area contributed by atoms with Crippen LogP contribution in [-0.4, -0.2) is 13.0 Å². The summed E-state index contributed by atoms with van der Waals surface area (Å²) >= 11 is 0. The SMILES string of the molecule is COc1ccc([C@H](CC(C)C)NC(=O)CCc2ccc(C)c(C)c2)cc1. The predicted molar refractivity (Wildman–Crippen MR) is 108 cm³/mol. The Morgan fingerprint density at radius 3 is 2.31 bits per heavy atom. The minimum absolute atomic E-state index is 0.0353. The summed E-state index contributed by atoms with van der Waals surface area (Å²) in [6.07, 6.45) is 2.19. The average molecular weight is 354 g/mol. The van der Waals surface area contributed by atoms with Crippen molar-refractivity contribution in [2.75, 3.05) is 7.11 Å². The van der Waals surface area contributed by atoms with Gasteiger partial charge in [-0.25, -0.2) is 0 Å². The molecule has 0 aliphatic heterocycles. The lowest BCUT2D eigenvalue weighted by Crippen LogP contribution is -2.29. The summed E-state index contributed by atoms with van der Waals surface area (Å²) in [6.45, 7) is 8.58. The van der Waals surface area contributed by atoms with Gasteiger partial charge in [0, 0.05) is 6.42 Å². The van der Waals surface area contributed by atoms with Gasteiger partial charge >= 0.3 is 0 Å². The Kier molecular flexibility index (Phi) is 7.26.